The normalized spacial score (nSPS) is 46.7. The van der Waals surface area contributed by atoms with Gasteiger partial charge in [-0.05, 0) is 45.2 Å². The van der Waals surface area contributed by atoms with E-state index in [1.165, 1.54) is 19.3 Å². The van der Waals surface area contributed by atoms with Crippen molar-refractivity contribution < 1.29 is 34.3 Å². The van der Waals surface area contributed by atoms with Crippen LogP contribution in [0.3, 0.4) is 0 Å². The molecule has 3 fully saturated rings. The van der Waals surface area contributed by atoms with Gasteiger partial charge < -0.3 is 56.8 Å². The van der Waals surface area contributed by atoms with E-state index in [1.54, 1.807) is 14.0 Å². The molecule has 202 valence electrons. The molecule has 0 bridgehead atoms. The van der Waals surface area contributed by atoms with Gasteiger partial charge in [-0.1, -0.05) is 19.3 Å². The zero-order valence-electron chi connectivity index (χ0n) is 20.8. The number of allylic oxidation sites excluding steroid dienone is 1. The summed E-state index contributed by atoms with van der Waals surface area (Å²) in [7, 11) is 1.64. The molecule has 2 heterocycles. The first-order valence-electron chi connectivity index (χ1n) is 12.9. The van der Waals surface area contributed by atoms with Crippen molar-refractivity contribution in [1.82, 2.24) is 5.32 Å². The van der Waals surface area contributed by atoms with Crippen LogP contribution in [0.2, 0.25) is 0 Å². The van der Waals surface area contributed by atoms with Gasteiger partial charge in [0.05, 0.1) is 24.4 Å². The molecule has 2 aliphatic carbocycles. The molecule has 0 amide bonds. The van der Waals surface area contributed by atoms with Crippen molar-refractivity contribution in [3.63, 3.8) is 0 Å². The first-order chi connectivity index (χ1) is 16.6. The minimum Gasteiger partial charge on any atom is -0.468 e. The highest BCUT2D eigenvalue weighted by atomic mass is 16.7. The Labute approximate surface area is 207 Å². The predicted octanol–water partition coefficient (Wildman–Crippen LogP) is -1.23. The van der Waals surface area contributed by atoms with Crippen molar-refractivity contribution in [2.45, 2.75) is 119 Å². The Hall–Kier alpha value is -0.860. The SMILES string of the molecule is CN[C@@H]1[C@@H](O)[C@@H](O[C@@H]2C(O)[C@H](O[C@H]3OC(CCCC4CC4)=CC[C@H]3N)[C@@H](N)C[C@H]2N)OC[C@]1(C)O. The van der Waals surface area contributed by atoms with E-state index in [-0.39, 0.29) is 6.61 Å². The second kappa shape index (κ2) is 11.3. The van der Waals surface area contributed by atoms with Crippen molar-refractivity contribution in [2.75, 3.05) is 13.7 Å². The number of nitrogens with two attached hydrogens (primary N) is 3. The molecule has 0 aromatic carbocycles. The molecule has 35 heavy (non-hydrogen) atoms. The monoisotopic (exact) mass is 500 g/mol. The number of nitrogens with one attached hydrogen (secondary N) is 1. The van der Waals surface area contributed by atoms with E-state index in [4.69, 9.17) is 36.1 Å². The fourth-order valence-electron chi connectivity index (χ4n) is 5.44. The molecule has 0 spiro atoms. The molecule has 11 nitrogen and oxygen atoms in total. The lowest BCUT2D eigenvalue weighted by atomic mass is 9.84. The van der Waals surface area contributed by atoms with Crippen molar-refractivity contribution in [3.8, 4) is 0 Å². The predicted molar refractivity (Wildman–Crippen MR) is 128 cm³/mol. The first-order valence-corrected chi connectivity index (χ1v) is 12.9. The summed E-state index contributed by atoms with van der Waals surface area (Å²) in [5, 5.41) is 35.3. The van der Waals surface area contributed by atoms with Crippen LogP contribution in [0.1, 0.15) is 51.9 Å². The molecule has 0 aromatic rings. The number of aliphatic hydroxyl groups excluding tert-OH is 2. The summed E-state index contributed by atoms with van der Waals surface area (Å²) in [6.45, 7) is 1.51. The Balaban J connectivity index is 1.37. The van der Waals surface area contributed by atoms with Crippen LogP contribution in [-0.4, -0.2) is 95.7 Å². The summed E-state index contributed by atoms with van der Waals surface area (Å²) >= 11 is 0. The summed E-state index contributed by atoms with van der Waals surface area (Å²) < 4.78 is 23.8. The molecule has 11 atom stereocenters. The number of ether oxygens (including phenoxy) is 4. The highest BCUT2D eigenvalue weighted by Gasteiger charge is 2.50. The van der Waals surface area contributed by atoms with Gasteiger partial charge in [-0.15, -0.1) is 0 Å². The second-order valence-corrected chi connectivity index (χ2v) is 10.9. The lowest BCUT2D eigenvalue weighted by Gasteiger charge is -2.48. The Bertz CT molecular complexity index is 737. The van der Waals surface area contributed by atoms with Crippen LogP contribution in [0, 0.1) is 5.92 Å². The van der Waals surface area contributed by atoms with Crippen molar-refractivity contribution in [2.24, 2.45) is 23.1 Å². The number of likely N-dealkylation sites (N-methyl/N-ethyl adjacent to an activating group) is 1. The zero-order valence-corrected chi connectivity index (χ0v) is 20.8. The summed E-state index contributed by atoms with van der Waals surface area (Å²) in [5.41, 5.74) is 17.6. The Morgan fingerprint density at radius 2 is 1.71 bits per heavy atom. The fraction of sp³-hybridized carbons (Fsp3) is 0.917. The average molecular weight is 501 g/mol. The van der Waals surface area contributed by atoms with Gasteiger partial charge in [-0.3, -0.25) is 0 Å². The summed E-state index contributed by atoms with van der Waals surface area (Å²) in [5.74, 6) is 1.73. The maximum Gasteiger partial charge on any atom is 0.215 e. The highest BCUT2D eigenvalue weighted by Crippen LogP contribution is 2.35. The molecular formula is C24H44N4O7. The minimum absolute atomic E-state index is 0.0572. The average Bonchev–Trinajstić information content (AvgIpc) is 3.62. The molecule has 2 aliphatic heterocycles. The first kappa shape index (κ1) is 27.2. The second-order valence-electron chi connectivity index (χ2n) is 10.9. The lowest BCUT2D eigenvalue weighted by molar-refractivity contribution is -0.303. The lowest BCUT2D eigenvalue weighted by Crippen LogP contribution is -2.68. The molecular weight excluding hydrogens is 456 g/mol. The standard InChI is InChI=1S/C24H44N4O7/c1-24(31)11-32-23(18(30)21(24)28-2)35-20-16(27)10-15(26)19(17(20)29)34-22-14(25)9-8-13(33-22)5-3-4-12-6-7-12/h8,12,14-23,28-31H,3-7,9-11,25-27H2,1-2H3/t14-,15+,16-,17?,18-,19-,20+,21-,22-,23-,24+/m1/s1. The van der Waals surface area contributed by atoms with E-state index in [2.05, 4.69) is 5.32 Å². The maximum atomic E-state index is 11.2. The highest BCUT2D eigenvalue weighted by molar-refractivity contribution is 5.04. The van der Waals surface area contributed by atoms with Gasteiger partial charge in [0.15, 0.2) is 6.29 Å². The molecule has 0 aromatic heterocycles. The van der Waals surface area contributed by atoms with Crippen LogP contribution in [0.25, 0.3) is 0 Å². The van der Waals surface area contributed by atoms with Gasteiger partial charge >= 0.3 is 0 Å². The zero-order chi connectivity index (χ0) is 25.3. The molecule has 10 N–H and O–H groups in total. The van der Waals surface area contributed by atoms with Gasteiger partial charge in [0.25, 0.3) is 0 Å². The topological polar surface area (TPSA) is 188 Å². The van der Waals surface area contributed by atoms with Crippen molar-refractivity contribution in [1.29, 1.82) is 0 Å². The number of hydrogen-bond donors (Lipinski definition) is 7. The molecule has 2 saturated carbocycles. The van der Waals surface area contributed by atoms with E-state index >= 15 is 0 Å². The van der Waals surface area contributed by atoms with E-state index in [9.17, 15) is 15.3 Å². The quantitative estimate of drug-likeness (QED) is 0.201. The van der Waals surface area contributed by atoms with Crippen LogP contribution in [-0.2, 0) is 18.9 Å². The molecule has 4 aliphatic rings. The summed E-state index contributed by atoms with van der Waals surface area (Å²) in [6.07, 6.45) is 2.80. The maximum absolute atomic E-state index is 11.2. The van der Waals surface area contributed by atoms with Crippen molar-refractivity contribution >= 4 is 0 Å². The third-order valence-electron chi connectivity index (χ3n) is 7.75. The van der Waals surface area contributed by atoms with Crippen LogP contribution >= 0.6 is 0 Å². The van der Waals surface area contributed by atoms with Gasteiger partial charge in [0.1, 0.15) is 30.0 Å². The van der Waals surface area contributed by atoms with E-state index < -0.39 is 66.8 Å². The van der Waals surface area contributed by atoms with Crippen LogP contribution in [0.5, 0.6) is 0 Å². The Morgan fingerprint density at radius 3 is 2.34 bits per heavy atom. The molecule has 11 heteroatoms. The Kier molecular flexibility index (Phi) is 8.74. The molecule has 0 radical (unpaired) electrons. The van der Waals surface area contributed by atoms with Crippen molar-refractivity contribution in [3.05, 3.63) is 11.8 Å². The van der Waals surface area contributed by atoms with E-state index in [1.807, 2.05) is 6.08 Å². The third kappa shape index (κ3) is 6.35. The minimum atomic E-state index is -1.28. The number of hydrogen-bond acceptors (Lipinski definition) is 11. The van der Waals surface area contributed by atoms with E-state index in [0.29, 0.717) is 12.8 Å². The fourth-order valence-corrected chi connectivity index (χ4v) is 5.44. The van der Waals surface area contributed by atoms with E-state index in [0.717, 1.165) is 24.5 Å². The smallest absolute Gasteiger partial charge is 0.215 e. The Morgan fingerprint density at radius 1 is 1.06 bits per heavy atom. The molecule has 4 rings (SSSR count). The number of aliphatic hydroxyl groups is 3. The van der Waals surface area contributed by atoms with Crippen LogP contribution < -0.4 is 22.5 Å². The molecule has 1 unspecified atom stereocenters. The van der Waals surface area contributed by atoms with Crippen LogP contribution in [0.15, 0.2) is 11.8 Å². The van der Waals surface area contributed by atoms with Crippen LogP contribution in [0.4, 0.5) is 0 Å². The summed E-state index contributed by atoms with van der Waals surface area (Å²) in [4.78, 5) is 0. The van der Waals surface area contributed by atoms with Gasteiger partial charge in [0, 0.05) is 18.5 Å². The molecule has 1 saturated heterocycles. The third-order valence-corrected chi connectivity index (χ3v) is 7.75. The van der Waals surface area contributed by atoms with Gasteiger partial charge in [-0.2, -0.15) is 0 Å². The van der Waals surface area contributed by atoms with Gasteiger partial charge in [-0.25, -0.2) is 0 Å². The number of rotatable bonds is 9. The summed E-state index contributed by atoms with van der Waals surface area (Å²) in [6, 6.07) is -2.24. The van der Waals surface area contributed by atoms with Gasteiger partial charge in [0.2, 0.25) is 6.29 Å². The largest absolute Gasteiger partial charge is 0.468 e.